The summed E-state index contributed by atoms with van der Waals surface area (Å²) < 4.78 is 1.10. The Balaban J connectivity index is 2.31. The van der Waals surface area contributed by atoms with Gasteiger partial charge in [-0.1, -0.05) is 40.2 Å². The Morgan fingerprint density at radius 3 is 2.81 bits per heavy atom. The molecule has 0 aliphatic carbocycles. The molecule has 0 spiro atoms. The van der Waals surface area contributed by atoms with Crippen LogP contribution in [0.1, 0.15) is 5.56 Å². The van der Waals surface area contributed by atoms with Crippen molar-refractivity contribution < 1.29 is 5.11 Å². The van der Waals surface area contributed by atoms with E-state index in [4.69, 9.17) is 0 Å². The molecular weight excluding hydrogens is 266 g/mol. The molecule has 1 heterocycles. The molecule has 2 nitrogen and oxygen atoms in total. The number of fused-ring (bicyclic) bond motifs is 3. The van der Waals surface area contributed by atoms with E-state index in [2.05, 4.69) is 39.4 Å². The van der Waals surface area contributed by atoms with Crippen LogP contribution in [0.3, 0.4) is 0 Å². The minimum atomic E-state index is -0.277. The molecule has 2 aromatic rings. The van der Waals surface area contributed by atoms with Crippen molar-refractivity contribution in [2.45, 2.75) is 12.5 Å². The van der Waals surface area contributed by atoms with E-state index in [1.165, 1.54) is 22.0 Å². The summed E-state index contributed by atoms with van der Waals surface area (Å²) in [5, 5.41) is 15.4. The van der Waals surface area contributed by atoms with Gasteiger partial charge in [-0.3, -0.25) is 0 Å². The smallest absolute Gasteiger partial charge is 0.0753 e. The van der Waals surface area contributed by atoms with E-state index in [0.717, 1.165) is 10.9 Å². The lowest BCUT2D eigenvalue weighted by atomic mass is 9.96. The van der Waals surface area contributed by atoms with E-state index in [0.29, 0.717) is 6.54 Å². The number of hydrogen-bond donors (Lipinski definition) is 2. The third-order valence-corrected chi connectivity index (χ3v) is 3.70. The molecule has 3 heteroatoms. The van der Waals surface area contributed by atoms with Crippen molar-refractivity contribution >= 4 is 32.4 Å². The van der Waals surface area contributed by atoms with Gasteiger partial charge in [-0.05, 0) is 17.0 Å². The number of rotatable bonds is 0. The van der Waals surface area contributed by atoms with Gasteiger partial charge in [0, 0.05) is 28.5 Å². The maximum Gasteiger partial charge on any atom is 0.0753 e. The van der Waals surface area contributed by atoms with Crippen LogP contribution < -0.4 is 5.32 Å². The molecule has 1 aliphatic heterocycles. The lowest BCUT2D eigenvalue weighted by Gasteiger charge is -2.24. The number of halogens is 1. The number of anilines is 1. The number of nitrogens with one attached hydrogen (secondary N) is 1. The second-order valence-corrected chi connectivity index (χ2v) is 5.03. The molecule has 0 fully saturated rings. The van der Waals surface area contributed by atoms with Gasteiger partial charge in [0.15, 0.2) is 0 Å². The zero-order valence-corrected chi connectivity index (χ0v) is 10.3. The highest BCUT2D eigenvalue weighted by Crippen LogP contribution is 2.35. The molecule has 3 rings (SSSR count). The Hall–Kier alpha value is -1.06. The van der Waals surface area contributed by atoms with Crippen molar-refractivity contribution in [3.05, 3.63) is 40.4 Å². The van der Waals surface area contributed by atoms with Gasteiger partial charge in [0.1, 0.15) is 0 Å². The molecule has 0 saturated carbocycles. The molecule has 0 bridgehead atoms. The predicted molar refractivity (Wildman–Crippen MR) is 69.8 cm³/mol. The fraction of sp³-hybridized carbons (Fsp3) is 0.231. The van der Waals surface area contributed by atoms with Crippen LogP contribution >= 0.6 is 15.9 Å². The number of benzene rings is 2. The highest BCUT2D eigenvalue weighted by atomic mass is 79.9. The van der Waals surface area contributed by atoms with Crippen molar-refractivity contribution in [2.75, 3.05) is 11.9 Å². The summed E-state index contributed by atoms with van der Waals surface area (Å²) >= 11 is 3.59. The summed E-state index contributed by atoms with van der Waals surface area (Å²) in [6, 6.07) is 10.4. The molecule has 1 atom stereocenters. The van der Waals surface area contributed by atoms with E-state index >= 15 is 0 Å². The van der Waals surface area contributed by atoms with E-state index in [9.17, 15) is 5.11 Å². The molecule has 2 N–H and O–H groups in total. The molecule has 0 amide bonds. The van der Waals surface area contributed by atoms with Crippen LogP contribution in [0.2, 0.25) is 0 Å². The SMILES string of the molecule is OC1CNc2c(cc(Br)c3ccccc23)C1. The van der Waals surface area contributed by atoms with Gasteiger partial charge in [-0.15, -0.1) is 0 Å². The summed E-state index contributed by atoms with van der Waals surface area (Å²) in [6.45, 7) is 0.638. The molecule has 1 aliphatic rings. The van der Waals surface area contributed by atoms with Crippen LogP contribution in [-0.4, -0.2) is 17.8 Å². The van der Waals surface area contributed by atoms with Gasteiger partial charge in [-0.25, -0.2) is 0 Å². The van der Waals surface area contributed by atoms with Gasteiger partial charge in [0.05, 0.1) is 6.10 Å². The lowest BCUT2D eigenvalue weighted by molar-refractivity contribution is 0.185. The quantitative estimate of drug-likeness (QED) is 0.776. The van der Waals surface area contributed by atoms with Crippen molar-refractivity contribution in [3.8, 4) is 0 Å². The second-order valence-electron chi connectivity index (χ2n) is 4.18. The average molecular weight is 278 g/mol. The minimum absolute atomic E-state index is 0.277. The Morgan fingerprint density at radius 1 is 1.25 bits per heavy atom. The molecular formula is C13H12BrNO. The van der Waals surface area contributed by atoms with E-state index in [-0.39, 0.29) is 6.10 Å². The van der Waals surface area contributed by atoms with Crippen LogP contribution in [0.4, 0.5) is 5.69 Å². The third kappa shape index (κ3) is 1.51. The van der Waals surface area contributed by atoms with Gasteiger partial charge < -0.3 is 10.4 Å². The van der Waals surface area contributed by atoms with Crippen LogP contribution in [0.15, 0.2) is 34.8 Å². The van der Waals surface area contributed by atoms with E-state index < -0.39 is 0 Å². The molecule has 16 heavy (non-hydrogen) atoms. The minimum Gasteiger partial charge on any atom is -0.391 e. The fourth-order valence-corrected chi connectivity index (χ4v) is 2.92. The first kappa shape index (κ1) is 10.1. The zero-order valence-electron chi connectivity index (χ0n) is 8.70. The monoisotopic (exact) mass is 277 g/mol. The maximum atomic E-state index is 9.64. The van der Waals surface area contributed by atoms with Crippen LogP contribution in [0.5, 0.6) is 0 Å². The number of aliphatic hydroxyl groups excluding tert-OH is 1. The summed E-state index contributed by atoms with van der Waals surface area (Å²) in [6.07, 6.45) is 0.451. The van der Waals surface area contributed by atoms with Gasteiger partial charge in [0.25, 0.3) is 0 Å². The first-order chi connectivity index (χ1) is 7.75. The Morgan fingerprint density at radius 2 is 2.00 bits per heavy atom. The molecule has 1 unspecified atom stereocenters. The number of β-amino-alcohol motifs (C(OH)–C–C–N with tert-alkyl or cyclic N) is 1. The topological polar surface area (TPSA) is 32.3 Å². The zero-order chi connectivity index (χ0) is 11.1. The van der Waals surface area contributed by atoms with Crippen LogP contribution in [0.25, 0.3) is 10.8 Å². The van der Waals surface area contributed by atoms with Gasteiger partial charge in [-0.2, -0.15) is 0 Å². The largest absolute Gasteiger partial charge is 0.391 e. The maximum absolute atomic E-state index is 9.64. The second kappa shape index (κ2) is 3.75. The van der Waals surface area contributed by atoms with Crippen molar-refractivity contribution in [3.63, 3.8) is 0 Å². The van der Waals surface area contributed by atoms with Gasteiger partial charge in [0.2, 0.25) is 0 Å². The van der Waals surface area contributed by atoms with E-state index in [1.54, 1.807) is 0 Å². The summed E-state index contributed by atoms with van der Waals surface area (Å²) in [7, 11) is 0. The summed E-state index contributed by atoms with van der Waals surface area (Å²) in [4.78, 5) is 0. The molecule has 0 aromatic heterocycles. The Bertz CT molecular complexity index is 553. The van der Waals surface area contributed by atoms with Crippen LogP contribution in [0, 0.1) is 0 Å². The molecule has 0 saturated heterocycles. The first-order valence-corrected chi connectivity index (χ1v) is 6.17. The van der Waals surface area contributed by atoms with Crippen molar-refractivity contribution in [2.24, 2.45) is 0 Å². The highest BCUT2D eigenvalue weighted by Gasteiger charge is 2.18. The fourth-order valence-electron chi connectivity index (χ4n) is 2.30. The Labute approximate surface area is 102 Å². The predicted octanol–water partition coefficient (Wildman–Crippen LogP) is 2.93. The van der Waals surface area contributed by atoms with Gasteiger partial charge >= 0.3 is 0 Å². The molecule has 2 aromatic carbocycles. The number of hydrogen-bond acceptors (Lipinski definition) is 2. The van der Waals surface area contributed by atoms with Crippen LogP contribution in [-0.2, 0) is 6.42 Å². The summed E-state index contributed by atoms with van der Waals surface area (Å²) in [5.74, 6) is 0. The standard InChI is InChI=1S/C13H12BrNO/c14-12-6-8-5-9(16)7-15-13(8)11-4-2-1-3-10(11)12/h1-4,6,9,15-16H,5,7H2. The summed E-state index contributed by atoms with van der Waals surface area (Å²) in [5.41, 5.74) is 2.36. The molecule has 82 valence electrons. The van der Waals surface area contributed by atoms with Crippen molar-refractivity contribution in [1.82, 2.24) is 0 Å². The lowest BCUT2D eigenvalue weighted by Crippen LogP contribution is -2.27. The van der Waals surface area contributed by atoms with E-state index in [1.807, 2.05) is 12.1 Å². The first-order valence-electron chi connectivity index (χ1n) is 5.38. The third-order valence-electron chi connectivity index (χ3n) is 3.05. The Kier molecular flexibility index (Phi) is 2.37. The van der Waals surface area contributed by atoms with Crippen molar-refractivity contribution in [1.29, 1.82) is 0 Å². The average Bonchev–Trinajstić information content (AvgIpc) is 2.29. The normalized spacial score (nSPS) is 19.2. The highest BCUT2D eigenvalue weighted by molar-refractivity contribution is 9.10. The number of aliphatic hydroxyl groups is 1. The molecule has 0 radical (unpaired) electrons.